The molecule has 0 aliphatic carbocycles. The molecule has 3 rings (SSSR count). The van der Waals surface area contributed by atoms with E-state index in [1.807, 2.05) is 7.05 Å². The molecule has 3 heterocycles. The molecule has 0 aromatic heterocycles. The van der Waals surface area contributed by atoms with Gasteiger partial charge in [-0.25, -0.2) is 0 Å². The number of rotatable bonds is 1. The maximum atomic E-state index is 12.1. The summed E-state index contributed by atoms with van der Waals surface area (Å²) in [5.74, 6) is 0.187. The van der Waals surface area contributed by atoms with Crippen molar-refractivity contribution >= 4 is 5.91 Å². The van der Waals surface area contributed by atoms with E-state index in [0.29, 0.717) is 0 Å². The van der Waals surface area contributed by atoms with Crippen LogP contribution in [0, 0.1) is 0 Å². The van der Waals surface area contributed by atoms with Crippen LogP contribution in [0.4, 0.5) is 0 Å². The summed E-state index contributed by atoms with van der Waals surface area (Å²) in [6.45, 7) is 2.63. The number of likely N-dealkylation sites (N-methyl/N-ethyl adjacent to an activating group) is 1. The number of carbonyl (C=O) groups excluding carboxylic acids is 1. The van der Waals surface area contributed by atoms with E-state index < -0.39 is 0 Å². The Bertz CT molecular complexity index is 284. The minimum atomic E-state index is -0.276. The number of ether oxygens (including phenoxy) is 1. The monoisotopic (exact) mass is 211 g/mol. The molecule has 0 saturated carbocycles. The lowest BCUT2D eigenvalue weighted by Crippen LogP contribution is -2.55. The van der Waals surface area contributed by atoms with Crippen LogP contribution in [0.2, 0.25) is 0 Å². The Morgan fingerprint density at radius 1 is 1.47 bits per heavy atom. The summed E-state index contributed by atoms with van der Waals surface area (Å²) in [4.78, 5) is 14.3. The van der Waals surface area contributed by atoms with Gasteiger partial charge in [0, 0.05) is 0 Å². The van der Waals surface area contributed by atoms with E-state index in [1.54, 1.807) is 0 Å². The fraction of sp³-hybridized carbons (Fsp3) is 0.900. The third-order valence-corrected chi connectivity index (χ3v) is 3.94. The molecule has 3 fully saturated rings. The van der Waals surface area contributed by atoms with Gasteiger partial charge in [0.2, 0.25) is 5.91 Å². The van der Waals surface area contributed by atoms with Gasteiger partial charge in [-0.15, -0.1) is 0 Å². The van der Waals surface area contributed by atoms with E-state index in [1.165, 1.54) is 0 Å². The van der Waals surface area contributed by atoms with Gasteiger partial charge >= 0.3 is 0 Å². The van der Waals surface area contributed by atoms with E-state index in [0.717, 1.165) is 32.5 Å². The molecule has 0 aromatic carbocycles. The zero-order chi connectivity index (χ0) is 10.5. The van der Waals surface area contributed by atoms with Gasteiger partial charge in [-0.05, 0) is 33.0 Å². The molecule has 15 heavy (non-hydrogen) atoms. The molecule has 0 aromatic rings. The standard InChI is InChI=1S/C10H17N3O2/c1-13-8(7-6-15-7)12-9(14)10(13)2-4-11-5-3-10/h7-8,11H,2-6H2,1H3,(H,12,14). The Hall–Kier alpha value is -0.650. The van der Waals surface area contributed by atoms with Crippen LogP contribution in [0.25, 0.3) is 0 Å². The van der Waals surface area contributed by atoms with Crippen molar-refractivity contribution in [3.63, 3.8) is 0 Å². The van der Waals surface area contributed by atoms with Gasteiger partial charge in [-0.1, -0.05) is 0 Å². The second-order valence-corrected chi connectivity index (χ2v) is 4.68. The van der Waals surface area contributed by atoms with Gasteiger partial charge in [0.25, 0.3) is 0 Å². The van der Waals surface area contributed by atoms with Crippen LogP contribution in [-0.4, -0.2) is 55.4 Å². The van der Waals surface area contributed by atoms with Gasteiger partial charge in [0.1, 0.15) is 17.8 Å². The first-order chi connectivity index (χ1) is 7.24. The summed E-state index contributed by atoms with van der Waals surface area (Å²) in [7, 11) is 2.04. The predicted molar refractivity (Wildman–Crippen MR) is 54.3 cm³/mol. The maximum Gasteiger partial charge on any atom is 0.241 e. The Morgan fingerprint density at radius 2 is 2.13 bits per heavy atom. The first-order valence-electron chi connectivity index (χ1n) is 5.60. The Balaban J connectivity index is 1.84. The molecule has 2 unspecified atom stereocenters. The topological polar surface area (TPSA) is 56.9 Å². The summed E-state index contributed by atoms with van der Waals surface area (Å²) in [5, 5.41) is 6.36. The number of hydrogen-bond donors (Lipinski definition) is 2. The summed E-state index contributed by atoms with van der Waals surface area (Å²) in [6, 6.07) is 0. The molecule has 2 N–H and O–H groups in total. The Kier molecular flexibility index (Phi) is 2.02. The van der Waals surface area contributed by atoms with Crippen LogP contribution in [-0.2, 0) is 9.53 Å². The van der Waals surface area contributed by atoms with Crippen molar-refractivity contribution in [3.05, 3.63) is 0 Å². The predicted octanol–water partition coefficient (Wildman–Crippen LogP) is -1.10. The highest BCUT2D eigenvalue weighted by Gasteiger charge is 2.55. The zero-order valence-corrected chi connectivity index (χ0v) is 8.95. The lowest BCUT2D eigenvalue weighted by Gasteiger charge is -2.38. The van der Waals surface area contributed by atoms with Crippen LogP contribution < -0.4 is 10.6 Å². The lowest BCUT2D eigenvalue weighted by atomic mass is 9.87. The zero-order valence-electron chi connectivity index (χ0n) is 8.95. The average molecular weight is 211 g/mol. The highest BCUT2D eigenvalue weighted by molar-refractivity contribution is 5.89. The Labute approximate surface area is 89.1 Å². The molecule has 5 nitrogen and oxygen atoms in total. The number of epoxide rings is 1. The van der Waals surface area contributed by atoms with Gasteiger partial charge in [-0.3, -0.25) is 9.69 Å². The van der Waals surface area contributed by atoms with Crippen LogP contribution in [0.3, 0.4) is 0 Å². The second kappa shape index (κ2) is 3.17. The van der Waals surface area contributed by atoms with E-state index >= 15 is 0 Å². The summed E-state index contributed by atoms with van der Waals surface area (Å²) < 4.78 is 5.27. The number of nitrogens with zero attached hydrogens (tertiary/aromatic N) is 1. The molecule has 1 spiro atoms. The minimum Gasteiger partial charge on any atom is -0.369 e. The molecule has 3 aliphatic heterocycles. The Morgan fingerprint density at radius 3 is 2.73 bits per heavy atom. The minimum absolute atomic E-state index is 0.0931. The summed E-state index contributed by atoms with van der Waals surface area (Å²) >= 11 is 0. The van der Waals surface area contributed by atoms with Gasteiger partial charge in [0.15, 0.2) is 0 Å². The number of amides is 1. The number of hydrogen-bond acceptors (Lipinski definition) is 4. The lowest BCUT2D eigenvalue weighted by molar-refractivity contribution is -0.127. The van der Waals surface area contributed by atoms with Gasteiger partial charge in [-0.2, -0.15) is 0 Å². The average Bonchev–Trinajstić information content (AvgIpc) is 3.06. The largest absolute Gasteiger partial charge is 0.369 e. The summed E-state index contributed by atoms with van der Waals surface area (Å²) in [5.41, 5.74) is -0.276. The van der Waals surface area contributed by atoms with Crippen molar-refractivity contribution in [1.29, 1.82) is 0 Å². The molecular formula is C10H17N3O2. The molecule has 3 saturated heterocycles. The van der Waals surface area contributed by atoms with E-state index in [4.69, 9.17) is 4.74 Å². The van der Waals surface area contributed by atoms with E-state index in [9.17, 15) is 4.79 Å². The SMILES string of the molecule is CN1C(C2CO2)NC(=O)C12CCNCC2. The van der Waals surface area contributed by atoms with E-state index in [-0.39, 0.29) is 23.7 Å². The van der Waals surface area contributed by atoms with Crippen molar-refractivity contribution in [2.45, 2.75) is 30.7 Å². The highest BCUT2D eigenvalue weighted by Crippen LogP contribution is 2.34. The quantitative estimate of drug-likeness (QED) is 0.540. The molecular weight excluding hydrogens is 194 g/mol. The molecule has 84 valence electrons. The third-order valence-electron chi connectivity index (χ3n) is 3.94. The van der Waals surface area contributed by atoms with Gasteiger partial charge < -0.3 is 15.4 Å². The fourth-order valence-electron chi connectivity index (χ4n) is 2.79. The van der Waals surface area contributed by atoms with Gasteiger partial charge in [0.05, 0.1) is 6.61 Å². The number of carbonyl (C=O) groups is 1. The molecule has 5 heteroatoms. The molecule has 2 atom stereocenters. The molecule has 0 radical (unpaired) electrons. The number of piperidine rings is 1. The second-order valence-electron chi connectivity index (χ2n) is 4.68. The first-order valence-corrected chi connectivity index (χ1v) is 5.60. The van der Waals surface area contributed by atoms with Crippen LogP contribution in [0.15, 0.2) is 0 Å². The smallest absolute Gasteiger partial charge is 0.241 e. The van der Waals surface area contributed by atoms with Crippen LogP contribution >= 0.6 is 0 Å². The van der Waals surface area contributed by atoms with Crippen LogP contribution in [0.5, 0.6) is 0 Å². The maximum absolute atomic E-state index is 12.1. The summed E-state index contributed by atoms with van der Waals surface area (Å²) in [6.07, 6.45) is 2.11. The van der Waals surface area contributed by atoms with Crippen molar-refractivity contribution in [1.82, 2.24) is 15.5 Å². The van der Waals surface area contributed by atoms with Crippen molar-refractivity contribution in [2.75, 3.05) is 26.7 Å². The fourth-order valence-corrected chi connectivity index (χ4v) is 2.79. The molecule has 0 bridgehead atoms. The van der Waals surface area contributed by atoms with E-state index in [2.05, 4.69) is 15.5 Å². The number of nitrogens with one attached hydrogen (secondary N) is 2. The van der Waals surface area contributed by atoms with Crippen molar-refractivity contribution < 1.29 is 9.53 Å². The van der Waals surface area contributed by atoms with Crippen molar-refractivity contribution in [2.24, 2.45) is 0 Å². The highest BCUT2D eigenvalue weighted by atomic mass is 16.6. The molecule has 3 aliphatic rings. The third kappa shape index (κ3) is 1.30. The molecule has 1 amide bonds. The normalized spacial score (nSPS) is 39.4. The first kappa shape index (κ1) is 9.57. The van der Waals surface area contributed by atoms with Crippen molar-refractivity contribution in [3.8, 4) is 0 Å². The van der Waals surface area contributed by atoms with Crippen LogP contribution in [0.1, 0.15) is 12.8 Å².